The largest absolute Gasteiger partial charge is 0.490 e. The molecule has 58 valence electrons. The Morgan fingerprint density at radius 3 is 3.09 bits per heavy atom. The molecule has 0 spiro atoms. The number of hydrogen-bond acceptors (Lipinski definition) is 2. The summed E-state index contributed by atoms with van der Waals surface area (Å²) >= 11 is 0. The molecular weight excluding hydrogens is 138 g/mol. The predicted octanol–water partition coefficient (Wildman–Crippen LogP) is 1.59. The fraction of sp³-hybridized carbons (Fsp3) is 0.333. The van der Waals surface area contributed by atoms with E-state index in [0.29, 0.717) is 0 Å². The number of anilines is 1. The molecule has 0 aliphatic carbocycles. The number of ether oxygens (including phenoxy) is 1. The van der Waals surface area contributed by atoms with Crippen molar-refractivity contribution < 1.29 is 4.74 Å². The van der Waals surface area contributed by atoms with Gasteiger partial charge in [-0.25, -0.2) is 0 Å². The second-order valence-electron chi connectivity index (χ2n) is 2.96. The molecule has 2 rings (SSSR count). The van der Waals surface area contributed by atoms with Crippen molar-refractivity contribution in [3.8, 4) is 5.75 Å². The van der Waals surface area contributed by atoms with Gasteiger partial charge in [-0.3, -0.25) is 0 Å². The van der Waals surface area contributed by atoms with Crippen molar-refractivity contribution in [1.29, 1.82) is 0 Å². The number of rotatable bonds is 0. The molecule has 1 heterocycles. The molecule has 2 heteroatoms. The zero-order chi connectivity index (χ0) is 7.84. The first-order valence-corrected chi connectivity index (χ1v) is 3.81. The minimum absolute atomic E-state index is 0.287. The highest BCUT2D eigenvalue weighted by atomic mass is 16.5. The molecule has 0 radical (unpaired) electrons. The van der Waals surface area contributed by atoms with E-state index in [0.717, 1.165) is 17.9 Å². The summed E-state index contributed by atoms with van der Waals surface area (Å²) in [7, 11) is 0. The van der Waals surface area contributed by atoms with E-state index < -0.39 is 0 Å². The van der Waals surface area contributed by atoms with Crippen molar-refractivity contribution >= 4 is 5.69 Å². The van der Waals surface area contributed by atoms with E-state index in [4.69, 9.17) is 10.5 Å². The van der Waals surface area contributed by atoms with E-state index >= 15 is 0 Å². The number of nitrogens with two attached hydrogens (primary N) is 1. The lowest BCUT2D eigenvalue weighted by Gasteiger charge is -2.01. The molecule has 1 aromatic carbocycles. The molecule has 2 N–H and O–H groups in total. The summed E-state index contributed by atoms with van der Waals surface area (Å²) in [6.45, 7) is 2.06. The van der Waals surface area contributed by atoms with Gasteiger partial charge >= 0.3 is 0 Å². The van der Waals surface area contributed by atoms with Gasteiger partial charge in [0.15, 0.2) is 0 Å². The van der Waals surface area contributed by atoms with E-state index in [1.54, 1.807) is 0 Å². The molecule has 0 aromatic heterocycles. The summed E-state index contributed by atoms with van der Waals surface area (Å²) in [4.78, 5) is 0. The molecule has 0 amide bonds. The molecule has 0 saturated carbocycles. The lowest BCUT2D eigenvalue weighted by molar-refractivity contribution is 0.254. The van der Waals surface area contributed by atoms with Crippen LogP contribution in [0.3, 0.4) is 0 Å². The quantitative estimate of drug-likeness (QED) is 0.568. The smallest absolute Gasteiger partial charge is 0.125 e. The van der Waals surface area contributed by atoms with Gasteiger partial charge in [-0.2, -0.15) is 0 Å². The van der Waals surface area contributed by atoms with E-state index in [9.17, 15) is 0 Å². The van der Waals surface area contributed by atoms with Gasteiger partial charge in [0, 0.05) is 17.7 Å². The van der Waals surface area contributed by atoms with Gasteiger partial charge in [0.2, 0.25) is 0 Å². The van der Waals surface area contributed by atoms with Gasteiger partial charge in [0.25, 0.3) is 0 Å². The summed E-state index contributed by atoms with van der Waals surface area (Å²) in [5.41, 5.74) is 7.77. The molecule has 1 aliphatic heterocycles. The minimum Gasteiger partial charge on any atom is -0.490 e. The number of nitrogen functional groups attached to an aromatic ring is 1. The number of benzene rings is 1. The van der Waals surface area contributed by atoms with Crippen LogP contribution in [0, 0.1) is 0 Å². The average molecular weight is 149 g/mol. The van der Waals surface area contributed by atoms with Gasteiger partial charge in [-0.15, -0.1) is 0 Å². The lowest BCUT2D eigenvalue weighted by atomic mass is 10.1. The van der Waals surface area contributed by atoms with Crippen molar-refractivity contribution in [1.82, 2.24) is 0 Å². The summed E-state index contributed by atoms with van der Waals surface area (Å²) in [6, 6.07) is 5.81. The number of hydrogen-bond donors (Lipinski definition) is 1. The minimum atomic E-state index is 0.287. The molecule has 1 atom stereocenters. The van der Waals surface area contributed by atoms with Crippen molar-refractivity contribution in [3.05, 3.63) is 23.8 Å². The highest BCUT2D eigenvalue weighted by Crippen LogP contribution is 2.32. The van der Waals surface area contributed by atoms with Crippen LogP contribution in [0.2, 0.25) is 0 Å². The van der Waals surface area contributed by atoms with Crippen LogP contribution in [-0.4, -0.2) is 6.10 Å². The fourth-order valence-corrected chi connectivity index (χ4v) is 1.46. The highest BCUT2D eigenvalue weighted by molar-refractivity contribution is 5.56. The van der Waals surface area contributed by atoms with Crippen LogP contribution >= 0.6 is 0 Å². The van der Waals surface area contributed by atoms with Gasteiger partial charge < -0.3 is 10.5 Å². The van der Waals surface area contributed by atoms with Crippen molar-refractivity contribution in [2.75, 3.05) is 5.73 Å². The summed E-state index contributed by atoms with van der Waals surface area (Å²) in [5.74, 6) is 0.956. The van der Waals surface area contributed by atoms with Crippen LogP contribution in [0.1, 0.15) is 12.5 Å². The zero-order valence-corrected chi connectivity index (χ0v) is 6.50. The normalized spacial score (nSPS) is 21.0. The molecule has 2 nitrogen and oxygen atoms in total. The van der Waals surface area contributed by atoms with E-state index in [-0.39, 0.29) is 6.10 Å². The molecule has 1 aliphatic rings. The lowest BCUT2D eigenvalue weighted by Crippen LogP contribution is -2.05. The van der Waals surface area contributed by atoms with Crippen molar-refractivity contribution in [3.63, 3.8) is 0 Å². The molecule has 0 fully saturated rings. The van der Waals surface area contributed by atoms with Gasteiger partial charge in [-0.05, 0) is 19.1 Å². The van der Waals surface area contributed by atoms with Crippen molar-refractivity contribution in [2.24, 2.45) is 0 Å². The fourth-order valence-electron chi connectivity index (χ4n) is 1.46. The van der Waals surface area contributed by atoms with E-state index in [1.807, 2.05) is 18.2 Å². The maximum atomic E-state index is 5.75. The topological polar surface area (TPSA) is 35.2 Å². The van der Waals surface area contributed by atoms with Crippen LogP contribution in [-0.2, 0) is 6.42 Å². The van der Waals surface area contributed by atoms with E-state index in [1.165, 1.54) is 5.56 Å². The maximum absolute atomic E-state index is 5.75. The monoisotopic (exact) mass is 149 g/mol. The van der Waals surface area contributed by atoms with Crippen LogP contribution in [0.25, 0.3) is 0 Å². The molecule has 0 bridgehead atoms. The molecule has 0 saturated heterocycles. The van der Waals surface area contributed by atoms with Crippen LogP contribution in [0.4, 0.5) is 5.69 Å². The Labute approximate surface area is 66.0 Å². The SMILES string of the molecule is CC1Cc2c(N)cccc2O1. The molecule has 1 aromatic rings. The zero-order valence-electron chi connectivity index (χ0n) is 6.50. The van der Waals surface area contributed by atoms with Crippen molar-refractivity contribution in [2.45, 2.75) is 19.4 Å². The Morgan fingerprint density at radius 2 is 2.36 bits per heavy atom. The van der Waals surface area contributed by atoms with Crippen LogP contribution in [0.15, 0.2) is 18.2 Å². The Balaban J connectivity index is 2.49. The van der Waals surface area contributed by atoms with Gasteiger partial charge in [0.05, 0.1) is 0 Å². The second-order valence-corrected chi connectivity index (χ2v) is 2.96. The maximum Gasteiger partial charge on any atom is 0.125 e. The third-order valence-corrected chi connectivity index (χ3v) is 1.99. The Morgan fingerprint density at radius 1 is 1.55 bits per heavy atom. The first kappa shape index (κ1) is 6.53. The Bertz CT molecular complexity index is 283. The van der Waals surface area contributed by atoms with Gasteiger partial charge in [0.1, 0.15) is 11.9 Å². The summed E-state index contributed by atoms with van der Waals surface area (Å²) in [6.07, 6.45) is 1.23. The number of fused-ring (bicyclic) bond motifs is 1. The molecular formula is C9H11NO. The summed E-state index contributed by atoms with van der Waals surface area (Å²) < 4.78 is 5.51. The molecule has 1 unspecified atom stereocenters. The Hall–Kier alpha value is -1.18. The third kappa shape index (κ3) is 0.946. The van der Waals surface area contributed by atoms with E-state index in [2.05, 4.69) is 6.92 Å². The van der Waals surface area contributed by atoms with Gasteiger partial charge in [-0.1, -0.05) is 6.07 Å². The average Bonchev–Trinajstić information content (AvgIpc) is 2.31. The second kappa shape index (κ2) is 2.16. The first-order valence-electron chi connectivity index (χ1n) is 3.81. The predicted molar refractivity (Wildman–Crippen MR) is 44.6 cm³/mol. The van der Waals surface area contributed by atoms with Crippen LogP contribution in [0.5, 0.6) is 5.75 Å². The summed E-state index contributed by atoms with van der Waals surface area (Å²) in [5, 5.41) is 0. The standard InChI is InChI=1S/C9H11NO/c1-6-5-7-8(10)3-2-4-9(7)11-6/h2-4,6H,5,10H2,1H3. The first-order chi connectivity index (χ1) is 5.27. The highest BCUT2D eigenvalue weighted by Gasteiger charge is 2.19. The Kier molecular flexibility index (Phi) is 1.28. The third-order valence-electron chi connectivity index (χ3n) is 1.99. The molecule has 11 heavy (non-hydrogen) atoms. The van der Waals surface area contributed by atoms with Crippen LogP contribution < -0.4 is 10.5 Å².